The van der Waals surface area contributed by atoms with E-state index in [1.54, 1.807) is 11.3 Å². The highest BCUT2D eigenvalue weighted by molar-refractivity contribution is 7.91. The lowest BCUT2D eigenvalue weighted by Crippen LogP contribution is -2.25. The quantitative estimate of drug-likeness (QED) is 0.179. The fourth-order valence-corrected chi connectivity index (χ4v) is 9.56. The Labute approximate surface area is 176 Å². The molecule has 4 aromatic carbocycles. The Morgan fingerprint density at radius 2 is 1.90 bits per heavy atom. The summed E-state index contributed by atoms with van der Waals surface area (Å²) in [5.74, 6) is 1.44. The summed E-state index contributed by atoms with van der Waals surface area (Å²) in [6.45, 7) is 0. The van der Waals surface area contributed by atoms with Crippen molar-refractivity contribution in [2.24, 2.45) is 0 Å². The Hall–Kier alpha value is -2.54. The van der Waals surface area contributed by atoms with Gasteiger partial charge in [0.2, 0.25) is 0 Å². The van der Waals surface area contributed by atoms with Gasteiger partial charge < -0.3 is 14.6 Å². The minimum atomic E-state index is -0.981. The number of H-pyrrole nitrogens is 1. The zero-order valence-corrected chi connectivity index (χ0v) is 17.4. The number of phenolic OH excluding ortho intramolecular Hbond substituents is 1. The number of aromatic amines is 1. The van der Waals surface area contributed by atoms with Crippen LogP contribution in [0.1, 0.15) is 29.9 Å². The smallest absolute Gasteiger partial charge is 0.162 e. The molecule has 2 aliphatic rings. The number of nitrogens with one attached hydrogen (secondary N) is 1. The van der Waals surface area contributed by atoms with Gasteiger partial charge in [-0.3, -0.25) is 4.98 Å². The first-order valence-corrected chi connectivity index (χ1v) is 12.6. The highest BCUT2D eigenvalue weighted by atomic mass is 32.2. The lowest BCUT2D eigenvalue weighted by atomic mass is 9.78. The SMILES string of the molecule is [O-][S+]1CC2CCCc3c2c2c1cc1[nH]c4cnc5cc(O)c6sc3c3c6c5c4c1c23. The fraction of sp³-hybridized carbons (Fsp3) is 0.208. The largest absolute Gasteiger partial charge is 0.611 e. The molecule has 2 N–H and O–H groups in total. The van der Waals surface area contributed by atoms with Crippen molar-refractivity contribution in [1.82, 2.24) is 9.97 Å². The van der Waals surface area contributed by atoms with Gasteiger partial charge in [0.05, 0.1) is 27.4 Å². The highest BCUT2D eigenvalue weighted by Crippen LogP contribution is 2.58. The van der Waals surface area contributed by atoms with Crippen molar-refractivity contribution in [2.45, 2.75) is 30.1 Å². The number of pyridine rings is 1. The summed E-state index contributed by atoms with van der Waals surface area (Å²) in [5.41, 5.74) is 5.83. The number of aromatic nitrogens is 2. The van der Waals surface area contributed by atoms with Gasteiger partial charge in [-0.1, -0.05) is 0 Å². The van der Waals surface area contributed by atoms with Crippen molar-refractivity contribution < 1.29 is 9.66 Å². The first-order chi connectivity index (χ1) is 14.7. The molecule has 30 heavy (non-hydrogen) atoms. The van der Waals surface area contributed by atoms with Gasteiger partial charge in [-0.05, 0) is 41.6 Å². The maximum absolute atomic E-state index is 13.3. The molecule has 0 fully saturated rings. The van der Waals surface area contributed by atoms with E-state index >= 15 is 0 Å². The summed E-state index contributed by atoms with van der Waals surface area (Å²) in [5, 5.41) is 19.5. The summed E-state index contributed by atoms with van der Waals surface area (Å²) in [6, 6.07) is 3.97. The zero-order valence-electron chi connectivity index (χ0n) is 15.8. The van der Waals surface area contributed by atoms with Gasteiger partial charge in [-0.2, -0.15) is 0 Å². The third kappa shape index (κ3) is 1.40. The third-order valence-corrected chi connectivity index (χ3v) is 10.5. The number of thiophene rings is 1. The van der Waals surface area contributed by atoms with Crippen molar-refractivity contribution in [3.8, 4) is 5.75 Å². The number of nitrogens with zero attached hydrogens (tertiary/aromatic N) is 1. The number of rotatable bonds is 0. The molecule has 0 saturated carbocycles. The van der Waals surface area contributed by atoms with Crippen molar-refractivity contribution in [3.05, 3.63) is 29.5 Å². The number of aryl methyl sites for hydroxylation is 1. The lowest BCUT2D eigenvalue weighted by Gasteiger charge is -2.33. The van der Waals surface area contributed by atoms with Crippen LogP contribution in [0.25, 0.3) is 63.7 Å². The maximum atomic E-state index is 13.3. The number of fused-ring (bicyclic) bond motifs is 1. The number of hydrogen-bond donors (Lipinski definition) is 2. The average molecular weight is 427 g/mol. The molecule has 4 nitrogen and oxygen atoms in total. The standard InChI is InChI=1S/C24H14N2O2S2/c27-13-4-10-16-18-12(6-25-10)26-11-5-14-19-15-8(7-30(14)28)2-1-3-9(15)23-22(20(19)17(11)18)21(16)24(13)29-23/h4-6,8,26-27H,1-3,7H2. The van der Waals surface area contributed by atoms with Crippen molar-refractivity contribution in [3.63, 3.8) is 0 Å². The number of benzene rings is 4. The Morgan fingerprint density at radius 1 is 1.03 bits per heavy atom. The molecule has 1 aliphatic carbocycles. The molecule has 6 heteroatoms. The highest BCUT2D eigenvalue weighted by Gasteiger charge is 2.39. The predicted molar refractivity (Wildman–Crippen MR) is 124 cm³/mol. The lowest BCUT2D eigenvalue weighted by molar-refractivity contribution is 0.483. The summed E-state index contributed by atoms with van der Waals surface area (Å²) in [4.78, 5) is 9.24. The Bertz CT molecular complexity index is 1850. The molecule has 0 spiro atoms. The number of hydrogen-bond acceptors (Lipinski definition) is 4. The van der Waals surface area contributed by atoms with Gasteiger partial charge in [0.15, 0.2) is 4.90 Å². The molecular weight excluding hydrogens is 412 g/mol. The van der Waals surface area contributed by atoms with E-state index in [0.717, 1.165) is 61.9 Å². The molecule has 0 amide bonds. The zero-order chi connectivity index (χ0) is 19.5. The molecule has 7 aromatic rings. The minimum absolute atomic E-state index is 0.324. The van der Waals surface area contributed by atoms with Crippen LogP contribution in [0.3, 0.4) is 0 Å². The average Bonchev–Trinajstić information content (AvgIpc) is 3.33. The third-order valence-electron chi connectivity index (χ3n) is 7.69. The van der Waals surface area contributed by atoms with Crippen molar-refractivity contribution >= 4 is 86.2 Å². The first kappa shape index (κ1) is 15.3. The second-order valence-electron chi connectivity index (χ2n) is 9.01. The van der Waals surface area contributed by atoms with Crippen LogP contribution in [0, 0.1) is 0 Å². The van der Waals surface area contributed by atoms with E-state index in [2.05, 4.69) is 16.0 Å². The Morgan fingerprint density at radius 3 is 2.83 bits per heavy atom. The van der Waals surface area contributed by atoms with Crippen LogP contribution in [0.4, 0.5) is 0 Å². The normalized spacial score (nSPS) is 21.8. The molecule has 0 saturated heterocycles. The molecule has 9 rings (SSSR count). The van der Waals surface area contributed by atoms with E-state index in [1.165, 1.54) is 42.8 Å². The Kier molecular flexibility index (Phi) is 2.31. The van der Waals surface area contributed by atoms with Gasteiger partial charge in [-0.25, -0.2) is 0 Å². The molecular formula is C24H14N2O2S2. The second-order valence-corrected chi connectivity index (χ2v) is 11.5. The molecule has 144 valence electrons. The van der Waals surface area contributed by atoms with Gasteiger partial charge >= 0.3 is 0 Å². The summed E-state index contributed by atoms with van der Waals surface area (Å²) >= 11 is 0.762. The molecule has 4 heterocycles. The van der Waals surface area contributed by atoms with E-state index in [1.807, 2.05) is 12.3 Å². The molecule has 2 unspecified atom stereocenters. The van der Waals surface area contributed by atoms with Gasteiger partial charge in [0, 0.05) is 60.5 Å². The van der Waals surface area contributed by atoms with Crippen molar-refractivity contribution in [2.75, 3.05) is 5.75 Å². The summed E-state index contributed by atoms with van der Waals surface area (Å²) < 4.78 is 15.6. The van der Waals surface area contributed by atoms with Crippen LogP contribution in [-0.4, -0.2) is 25.4 Å². The topological polar surface area (TPSA) is 72.0 Å². The Balaban J connectivity index is 1.77. The maximum Gasteiger partial charge on any atom is 0.162 e. The second kappa shape index (κ2) is 4.54. The summed E-state index contributed by atoms with van der Waals surface area (Å²) in [6.07, 6.45) is 5.22. The summed E-state index contributed by atoms with van der Waals surface area (Å²) in [7, 11) is 0. The molecule has 0 bridgehead atoms. The van der Waals surface area contributed by atoms with Crippen LogP contribution in [0.2, 0.25) is 0 Å². The van der Waals surface area contributed by atoms with Crippen LogP contribution in [-0.2, 0) is 17.6 Å². The van der Waals surface area contributed by atoms with E-state index in [0.29, 0.717) is 11.7 Å². The number of aromatic hydroxyl groups is 1. The van der Waals surface area contributed by atoms with Gasteiger partial charge in [0.1, 0.15) is 11.5 Å². The predicted octanol–water partition coefficient (Wildman–Crippen LogP) is 5.95. The van der Waals surface area contributed by atoms with E-state index < -0.39 is 11.2 Å². The van der Waals surface area contributed by atoms with E-state index in [9.17, 15) is 9.66 Å². The fourth-order valence-electron chi connectivity index (χ4n) is 6.68. The monoisotopic (exact) mass is 426 g/mol. The van der Waals surface area contributed by atoms with Crippen LogP contribution in [0.5, 0.6) is 5.75 Å². The molecule has 2 atom stereocenters. The van der Waals surface area contributed by atoms with Crippen LogP contribution in [0.15, 0.2) is 23.2 Å². The minimum Gasteiger partial charge on any atom is -0.611 e. The molecule has 0 radical (unpaired) electrons. The number of phenols is 1. The van der Waals surface area contributed by atoms with E-state index in [4.69, 9.17) is 0 Å². The molecule has 3 aromatic heterocycles. The van der Waals surface area contributed by atoms with Gasteiger partial charge in [-0.15, -0.1) is 11.3 Å². The first-order valence-electron chi connectivity index (χ1n) is 10.4. The van der Waals surface area contributed by atoms with Crippen LogP contribution < -0.4 is 0 Å². The van der Waals surface area contributed by atoms with E-state index in [-0.39, 0.29) is 0 Å². The van der Waals surface area contributed by atoms with Crippen molar-refractivity contribution in [1.29, 1.82) is 0 Å². The van der Waals surface area contributed by atoms with Gasteiger partial charge in [0.25, 0.3) is 0 Å². The molecule has 1 aliphatic heterocycles. The van der Waals surface area contributed by atoms with Crippen LogP contribution >= 0.6 is 11.3 Å².